The largest absolute Gasteiger partial charge is 0.504 e. The number of hydrogen-bond donors (Lipinski definition) is 2. The minimum atomic E-state index is -0.826. The van der Waals surface area contributed by atoms with Crippen molar-refractivity contribution >= 4 is 29.6 Å². The summed E-state index contributed by atoms with van der Waals surface area (Å²) in [6.07, 6.45) is 1.23. The van der Waals surface area contributed by atoms with Gasteiger partial charge in [0.1, 0.15) is 5.57 Å². The molecule has 0 aliphatic carbocycles. The Morgan fingerprint density at radius 3 is 2.37 bits per heavy atom. The number of rotatable bonds is 3. The van der Waals surface area contributed by atoms with E-state index in [1.165, 1.54) is 19.3 Å². The van der Waals surface area contributed by atoms with Crippen LogP contribution in [0.15, 0.2) is 42.0 Å². The summed E-state index contributed by atoms with van der Waals surface area (Å²) >= 11 is 0. The number of aromatic hydroxyl groups is 1. The number of aryl methyl sites for hydroxylation is 2. The lowest BCUT2D eigenvalue weighted by Crippen LogP contribution is -2.54. The Hall–Kier alpha value is -3.61. The number of barbiturate groups is 1. The number of anilines is 1. The quantitative estimate of drug-likeness (QED) is 0.643. The minimum absolute atomic E-state index is 0.204. The van der Waals surface area contributed by atoms with Gasteiger partial charge in [0.15, 0.2) is 11.5 Å². The molecule has 1 aliphatic heterocycles. The number of nitrogens with one attached hydrogen (secondary N) is 1. The van der Waals surface area contributed by atoms with Crippen molar-refractivity contribution in [1.82, 2.24) is 5.32 Å². The van der Waals surface area contributed by atoms with Crippen molar-refractivity contribution in [3.05, 3.63) is 58.7 Å². The zero-order valence-electron chi connectivity index (χ0n) is 15.1. The summed E-state index contributed by atoms with van der Waals surface area (Å²) in [6, 6.07) is 9.15. The zero-order valence-corrected chi connectivity index (χ0v) is 15.1. The third-order valence-corrected chi connectivity index (χ3v) is 4.12. The van der Waals surface area contributed by atoms with Gasteiger partial charge in [0, 0.05) is 5.56 Å². The normalized spacial score (nSPS) is 15.9. The second kappa shape index (κ2) is 6.95. The van der Waals surface area contributed by atoms with E-state index in [9.17, 15) is 19.5 Å². The molecule has 0 radical (unpaired) electrons. The standard InChI is InChI=1S/C20H18N2O5/c1-11-7-12(2)9-14(8-11)22-19(25)15(18(24)21-20(22)26)10-13-5-4-6-16(27-3)17(13)23/h4-10,23H,1-3H3,(H,21,24,26)/b15-10-. The molecule has 0 saturated carbocycles. The fourth-order valence-electron chi connectivity index (χ4n) is 2.95. The van der Waals surface area contributed by atoms with Crippen LogP contribution >= 0.6 is 0 Å². The molecule has 3 rings (SSSR count). The molecule has 27 heavy (non-hydrogen) atoms. The molecule has 7 heteroatoms. The third-order valence-electron chi connectivity index (χ3n) is 4.12. The van der Waals surface area contributed by atoms with Crippen LogP contribution in [0.1, 0.15) is 16.7 Å². The van der Waals surface area contributed by atoms with E-state index in [1.54, 1.807) is 24.3 Å². The lowest BCUT2D eigenvalue weighted by atomic mass is 10.0. The first-order valence-electron chi connectivity index (χ1n) is 8.17. The average molecular weight is 366 g/mol. The highest BCUT2D eigenvalue weighted by Gasteiger charge is 2.37. The Labute approximate surface area is 155 Å². The Morgan fingerprint density at radius 1 is 1.07 bits per heavy atom. The maximum atomic E-state index is 12.9. The Kier molecular flexibility index (Phi) is 4.68. The number of imide groups is 2. The van der Waals surface area contributed by atoms with Gasteiger partial charge in [-0.15, -0.1) is 0 Å². The van der Waals surface area contributed by atoms with Gasteiger partial charge in [0.05, 0.1) is 12.8 Å². The van der Waals surface area contributed by atoms with E-state index in [1.807, 2.05) is 19.9 Å². The van der Waals surface area contributed by atoms with E-state index in [4.69, 9.17) is 4.74 Å². The number of benzene rings is 2. The summed E-state index contributed by atoms with van der Waals surface area (Å²) in [5.41, 5.74) is 2.07. The van der Waals surface area contributed by atoms with Gasteiger partial charge in [-0.25, -0.2) is 9.69 Å². The summed E-state index contributed by atoms with van der Waals surface area (Å²) in [5, 5.41) is 12.4. The van der Waals surface area contributed by atoms with Crippen molar-refractivity contribution in [2.75, 3.05) is 12.0 Å². The number of nitrogens with zero attached hydrogens (tertiary/aromatic N) is 1. The molecular weight excluding hydrogens is 348 g/mol. The lowest BCUT2D eigenvalue weighted by molar-refractivity contribution is -0.122. The monoisotopic (exact) mass is 366 g/mol. The smallest absolute Gasteiger partial charge is 0.335 e. The second-order valence-electron chi connectivity index (χ2n) is 6.20. The number of carbonyl (C=O) groups excluding carboxylic acids is 3. The van der Waals surface area contributed by atoms with Gasteiger partial charge in [-0.05, 0) is 49.2 Å². The van der Waals surface area contributed by atoms with Crippen molar-refractivity contribution < 1.29 is 24.2 Å². The van der Waals surface area contributed by atoms with Crippen LogP contribution in [0.5, 0.6) is 11.5 Å². The van der Waals surface area contributed by atoms with E-state index in [0.717, 1.165) is 16.0 Å². The van der Waals surface area contributed by atoms with Gasteiger partial charge in [0.25, 0.3) is 11.8 Å². The highest BCUT2D eigenvalue weighted by molar-refractivity contribution is 6.39. The molecule has 0 spiro atoms. The zero-order chi connectivity index (χ0) is 19.7. The lowest BCUT2D eigenvalue weighted by Gasteiger charge is -2.27. The van der Waals surface area contributed by atoms with E-state index < -0.39 is 17.8 Å². The number of ether oxygens (including phenoxy) is 1. The van der Waals surface area contributed by atoms with E-state index in [0.29, 0.717) is 5.69 Å². The van der Waals surface area contributed by atoms with Crippen LogP contribution in [-0.2, 0) is 9.59 Å². The number of phenols is 1. The maximum absolute atomic E-state index is 12.9. The van der Waals surface area contributed by atoms with Crippen molar-refractivity contribution in [2.45, 2.75) is 13.8 Å². The molecule has 0 aromatic heterocycles. The van der Waals surface area contributed by atoms with Gasteiger partial charge in [0.2, 0.25) is 0 Å². The average Bonchev–Trinajstić information content (AvgIpc) is 2.59. The van der Waals surface area contributed by atoms with Crippen LogP contribution in [0.25, 0.3) is 6.08 Å². The van der Waals surface area contributed by atoms with Crippen LogP contribution in [0, 0.1) is 13.8 Å². The molecular formula is C20H18N2O5. The first-order valence-corrected chi connectivity index (χ1v) is 8.17. The summed E-state index contributed by atoms with van der Waals surface area (Å²) < 4.78 is 5.03. The van der Waals surface area contributed by atoms with Crippen molar-refractivity contribution in [3.63, 3.8) is 0 Å². The number of methoxy groups -OCH3 is 1. The fourth-order valence-corrected chi connectivity index (χ4v) is 2.95. The molecule has 2 aromatic carbocycles. The van der Waals surface area contributed by atoms with Crippen LogP contribution in [0.2, 0.25) is 0 Å². The molecule has 7 nitrogen and oxygen atoms in total. The predicted octanol–water partition coefficient (Wildman–Crippen LogP) is 2.68. The Bertz CT molecular complexity index is 974. The molecule has 1 saturated heterocycles. The Morgan fingerprint density at radius 2 is 1.74 bits per heavy atom. The van der Waals surface area contributed by atoms with Gasteiger partial charge < -0.3 is 9.84 Å². The number of para-hydroxylation sites is 1. The molecule has 0 unspecified atom stereocenters. The van der Waals surface area contributed by atoms with Crippen LogP contribution in [0.3, 0.4) is 0 Å². The molecule has 1 fully saturated rings. The predicted molar refractivity (Wildman–Crippen MR) is 99.6 cm³/mol. The molecule has 0 atom stereocenters. The molecule has 2 aromatic rings. The number of urea groups is 1. The first kappa shape index (κ1) is 18.2. The van der Waals surface area contributed by atoms with E-state index in [-0.39, 0.29) is 22.6 Å². The highest BCUT2D eigenvalue weighted by Crippen LogP contribution is 2.32. The topological polar surface area (TPSA) is 95.9 Å². The summed E-state index contributed by atoms with van der Waals surface area (Å²) in [5.74, 6) is -1.60. The van der Waals surface area contributed by atoms with Crippen LogP contribution < -0.4 is 15.0 Å². The van der Waals surface area contributed by atoms with Crippen LogP contribution in [0.4, 0.5) is 10.5 Å². The number of amides is 4. The number of hydrogen-bond acceptors (Lipinski definition) is 5. The maximum Gasteiger partial charge on any atom is 0.335 e. The SMILES string of the molecule is COc1cccc(/C=C2/C(=O)NC(=O)N(c3cc(C)cc(C)c3)C2=O)c1O. The minimum Gasteiger partial charge on any atom is -0.504 e. The molecule has 4 amide bonds. The van der Waals surface area contributed by atoms with Gasteiger partial charge in [-0.2, -0.15) is 0 Å². The summed E-state index contributed by atoms with van der Waals surface area (Å²) in [7, 11) is 1.39. The fraction of sp³-hybridized carbons (Fsp3) is 0.150. The van der Waals surface area contributed by atoms with E-state index >= 15 is 0 Å². The van der Waals surface area contributed by atoms with Crippen molar-refractivity contribution in [2.24, 2.45) is 0 Å². The number of carbonyl (C=O) groups is 3. The van der Waals surface area contributed by atoms with Crippen LogP contribution in [-0.4, -0.2) is 30.1 Å². The summed E-state index contributed by atoms with van der Waals surface area (Å²) in [4.78, 5) is 38.3. The summed E-state index contributed by atoms with van der Waals surface area (Å²) in [6.45, 7) is 3.69. The molecule has 1 heterocycles. The molecule has 1 aliphatic rings. The first-order chi connectivity index (χ1) is 12.8. The van der Waals surface area contributed by atoms with Crippen molar-refractivity contribution in [3.8, 4) is 11.5 Å². The van der Waals surface area contributed by atoms with Gasteiger partial charge in [-0.3, -0.25) is 14.9 Å². The Balaban J connectivity index is 2.08. The third kappa shape index (κ3) is 3.39. The molecule has 138 valence electrons. The second-order valence-corrected chi connectivity index (χ2v) is 6.20. The van der Waals surface area contributed by atoms with Crippen molar-refractivity contribution in [1.29, 1.82) is 0 Å². The highest BCUT2D eigenvalue weighted by atomic mass is 16.5. The molecule has 2 N–H and O–H groups in total. The van der Waals surface area contributed by atoms with Gasteiger partial charge in [-0.1, -0.05) is 18.2 Å². The van der Waals surface area contributed by atoms with E-state index in [2.05, 4.69) is 5.32 Å². The number of phenolic OH excluding ortho intramolecular Hbond substituents is 1. The van der Waals surface area contributed by atoms with Gasteiger partial charge >= 0.3 is 6.03 Å². The molecule has 0 bridgehead atoms.